The minimum absolute atomic E-state index is 0.0976. The minimum Gasteiger partial charge on any atom is -0.496 e. The van der Waals surface area contributed by atoms with Gasteiger partial charge in [-0.2, -0.15) is 0 Å². The van der Waals surface area contributed by atoms with Crippen molar-refractivity contribution in [3.05, 3.63) is 63.6 Å². The Balaban J connectivity index is 2.56. The van der Waals surface area contributed by atoms with Gasteiger partial charge in [0.25, 0.3) is 0 Å². The Morgan fingerprint density at radius 3 is 2.29 bits per heavy atom. The summed E-state index contributed by atoms with van der Waals surface area (Å²) in [6, 6.07) is 14.7. The number of hydrogen-bond acceptors (Lipinski definition) is 1. The van der Waals surface area contributed by atoms with E-state index in [2.05, 4.69) is 83.0 Å². The van der Waals surface area contributed by atoms with Gasteiger partial charge in [0.15, 0.2) is 0 Å². The Kier molecular flexibility index (Phi) is 5.15. The minimum atomic E-state index is 0.0976. The molecule has 0 aliphatic carbocycles. The van der Waals surface area contributed by atoms with E-state index >= 15 is 0 Å². The summed E-state index contributed by atoms with van der Waals surface area (Å²) in [5.74, 6) is 0.892. The molecule has 0 aromatic heterocycles. The van der Waals surface area contributed by atoms with E-state index in [1.54, 1.807) is 7.11 Å². The molecule has 2 aromatic rings. The molecule has 0 amide bonds. The fourth-order valence-corrected chi connectivity index (χ4v) is 3.61. The predicted octanol–water partition coefficient (Wildman–Crippen LogP) is 6.24. The Morgan fingerprint density at radius 2 is 1.67 bits per heavy atom. The Morgan fingerprint density at radius 1 is 1.00 bits per heavy atom. The molecule has 2 aromatic carbocycles. The van der Waals surface area contributed by atoms with E-state index in [0.29, 0.717) is 0 Å². The summed E-state index contributed by atoms with van der Waals surface area (Å²) >= 11 is 7.41. The van der Waals surface area contributed by atoms with Crippen molar-refractivity contribution in [2.45, 2.75) is 31.0 Å². The maximum absolute atomic E-state index is 5.52. The van der Waals surface area contributed by atoms with E-state index in [1.165, 1.54) is 11.1 Å². The summed E-state index contributed by atoms with van der Waals surface area (Å²) in [6.07, 6.45) is 0. The van der Waals surface area contributed by atoms with Gasteiger partial charge in [-0.25, -0.2) is 0 Å². The van der Waals surface area contributed by atoms with Gasteiger partial charge in [0.1, 0.15) is 5.75 Å². The first-order chi connectivity index (χ1) is 9.84. The third kappa shape index (κ3) is 3.70. The van der Waals surface area contributed by atoms with Gasteiger partial charge in [0.05, 0.1) is 11.9 Å². The predicted molar refractivity (Wildman–Crippen MR) is 96.6 cm³/mol. The van der Waals surface area contributed by atoms with Crippen LogP contribution in [0.5, 0.6) is 5.75 Å². The third-order valence-electron chi connectivity index (χ3n) is 3.51. The van der Waals surface area contributed by atoms with Crippen LogP contribution < -0.4 is 4.74 Å². The number of benzene rings is 2. The summed E-state index contributed by atoms with van der Waals surface area (Å²) in [6.45, 7) is 6.72. The molecule has 21 heavy (non-hydrogen) atoms. The second-order valence-corrected chi connectivity index (χ2v) is 7.92. The molecule has 0 aliphatic rings. The molecule has 0 bridgehead atoms. The van der Waals surface area contributed by atoms with Crippen LogP contribution in [0.3, 0.4) is 0 Å². The summed E-state index contributed by atoms with van der Waals surface area (Å²) < 4.78 is 6.57. The van der Waals surface area contributed by atoms with Gasteiger partial charge >= 0.3 is 0 Å². The number of methoxy groups -OCH3 is 1. The molecule has 1 atom stereocenters. The molecule has 0 saturated heterocycles. The van der Waals surface area contributed by atoms with Crippen LogP contribution in [0.1, 0.15) is 42.3 Å². The first-order valence-corrected chi connectivity index (χ1v) is 8.62. The highest BCUT2D eigenvalue weighted by Crippen LogP contribution is 2.41. The van der Waals surface area contributed by atoms with Crippen molar-refractivity contribution < 1.29 is 4.74 Å². The summed E-state index contributed by atoms with van der Waals surface area (Å²) in [4.78, 5) is 0.0976. The topological polar surface area (TPSA) is 9.23 Å². The summed E-state index contributed by atoms with van der Waals surface area (Å²) in [5.41, 5.74) is 3.85. The van der Waals surface area contributed by atoms with Crippen LogP contribution in [0, 0.1) is 0 Å². The van der Waals surface area contributed by atoms with Crippen LogP contribution in [0.4, 0.5) is 0 Å². The number of halogens is 2. The molecule has 1 nitrogen and oxygen atoms in total. The number of alkyl halides is 1. The van der Waals surface area contributed by atoms with E-state index < -0.39 is 0 Å². The van der Waals surface area contributed by atoms with E-state index in [9.17, 15) is 0 Å². The molecule has 0 aliphatic heterocycles. The van der Waals surface area contributed by atoms with Gasteiger partial charge in [0, 0.05) is 10.0 Å². The smallest absolute Gasteiger partial charge is 0.123 e. The highest BCUT2D eigenvalue weighted by Gasteiger charge is 2.24. The normalized spacial score (nSPS) is 13.0. The van der Waals surface area contributed by atoms with Crippen molar-refractivity contribution in [1.29, 1.82) is 0 Å². The van der Waals surface area contributed by atoms with Gasteiger partial charge in [-0.3, -0.25) is 0 Å². The van der Waals surface area contributed by atoms with Crippen molar-refractivity contribution in [3.8, 4) is 5.75 Å². The molecule has 0 fully saturated rings. The maximum atomic E-state index is 5.52. The molecular weight excluding hydrogens is 392 g/mol. The first kappa shape index (κ1) is 16.6. The average Bonchev–Trinajstić information content (AvgIpc) is 2.45. The third-order valence-corrected chi connectivity index (χ3v) is 4.99. The Hall–Kier alpha value is -0.800. The second kappa shape index (κ2) is 6.53. The zero-order valence-electron chi connectivity index (χ0n) is 12.8. The Labute approximate surface area is 144 Å². The van der Waals surface area contributed by atoms with Crippen molar-refractivity contribution in [2.24, 2.45) is 0 Å². The van der Waals surface area contributed by atoms with Gasteiger partial charge in [-0.05, 0) is 34.7 Å². The molecular formula is C18H20Br2O. The summed E-state index contributed by atoms with van der Waals surface area (Å²) in [5, 5.41) is 0. The van der Waals surface area contributed by atoms with Gasteiger partial charge in [0.2, 0.25) is 0 Å². The fraction of sp³-hybridized carbons (Fsp3) is 0.333. The molecule has 0 radical (unpaired) electrons. The number of ether oxygens (including phenoxy) is 1. The van der Waals surface area contributed by atoms with Crippen LogP contribution in [0.15, 0.2) is 46.9 Å². The lowest BCUT2D eigenvalue weighted by atomic mass is 9.82. The second-order valence-electron chi connectivity index (χ2n) is 6.09. The highest BCUT2D eigenvalue weighted by atomic mass is 79.9. The fourth-order valence-electron chi connectivity index (χ4n) is 2.47. The van der Waals surface area contributed by atoms with E-state index in [4.69, 9.17) is 4.74 Å². The van der Waals surface area contributed by atoms with Crippen molar-refractivity contribution in [1.82, 2.24) is 0 Å². The van der Waals surface area contributed by atoms with Crippen LogP contribution in [-0.2, 0) is 5.41 Å². The molecule has 0 spiro atoms. The SMILES string of the molecule is COc1ccc(Br)cc1C(Br)c1ccccc1C(C)(C)C. The zero-order valence-corrected chi connectivity index (χ0v) is 16.0. The zero-order chi connectivity index (χ0) is 15.6. The van der Waals surface area contributed by atoms with Crippen LogP contribution >= 0.6 is 31.9 Å². The average molecular weight is 412 g/mol. The van der Waals surface area contributed by atoms with Crippen molar-refractivity contribution >= 4 is 31.9 Å². The van der Waals surface area contributed by atoms with Crippen molar-refractivity contribution in [3.63, 3.8) is 0 Å². The monoisotopic (exact) mass is 410 g/mol. The van der Waals surface area contributed by atoms with Crippen LogP contribution in [0.2, 0.25) is 0 Å². The largest absolute Gasteiger partial charge is 0.496 e. The first-order valence-electron chi connectivity index (χ1n) is 6.91. The molecule has 3 heteroatoms. The van der Waals surface area contributed by atoms with Crippen LogP contribution in [0.25, 0.3) is 0 Å². The number of rotatable bonds is 3. The van der Waals surface area contributed by atoms with E-state index in [0.717, 1.165) is 15.8 Å². The van der Waals surface area contributed by atoms with Gasteiger partial charge in [-0.15, -0.1) is 0 Å². The molecule has 2 rings (SSSR count). The molecule has 0 saturated carbocycles. The molecule has 0 heterocycles. The molecule has 0 N–H and O–H groups in total. The van der Waals surface area contributed by atoms with Crippen LogP contribution in [-0.4, -0.2) is 7.11 Å². The Bertz CT molecular complexity index is 629. The lowest BCUT2D eigenvalue weighted by molar-refractivity contribution is 0.410. The number of hydrogen-bond donors (Lipinski definition) is 0. The summed E-state index contributed by atoms with van der Waals surface area (Å²) in [7, 11) is 1.71. The molecule has 112 valence electrons. The standard InChI is InChI=1S/C18H20Br2O/c1-18(2,3)15-8-6-5-7-13(15)17(20)14-11-12(19)9-10-16(14)21-4/h5-11,17H,1-4H3. The van der Waals surface area contributed by atoms with Crippen molar-refractivity contribution in [2.75, 3.05) is 7.11 Å². The lowest BCUT2D eigenvalue weighted by Crippen LogP contribution is -2.15. The lowest BCUT2D eigenvalue weighted by Gasteiger charge is -2.26. The maximum Gasteiger partial charge on any atom is 0.123 e. The quantitative estimate of drug-likeness (QED) is 0.543. The van der Waals surface area contributed by atoms with E-state index in [1.807, 2.05) is 12.1 Å². The highest BCUT2D eigenvalue weighted by molar-refractivity contribution is 9.10. The van der Waals surface area contributed by atoms with E-state index in [-0.39, 0.29) is 10.2 Å². The molecule has 1 unspecified atom stereocenters. The van der Waals surface area contributed by atoms with Gasteiger partial charge in [-0.1, -0.05) is 76.9 Å². The van der Waals surface area contributed by atoms with Gasteiger partial charge < -0.3 is 4.74 Å².